The van der Waals surface area contributed by atoms with Gasteiger partial charge in [-0.05, 0) is 24.0 Å². The zero-order valence-electron chi connectivity index (χ0n) is 14.1. The molecule has 0 bridgehead atoms. The first kappa shape index (κ1) is 17.1. The molecule has 1 heterocycles. The highest BCUT2D eigenvalue weighted by atomic mass is 16.2. The van der Waals surface area contributed by atoms with Crippen molar-refractivity contribution in [1.82, 2.24) is 5.32 Å². The van der Waals surface area contributed by atoms with Crippen LogP contribution in [0.25, 0.3) is 0 Å². The van der Waals surface area contributed by atoms with E-state index in [1.54, 1.807) is 6.92 Å². The second-order valence-corrected chi connectivity index (χ2v) is 6.46. The lowest BCUT2D eigenvalue weighted by Gasteiger charge is -2.13. The number of ketones is 2. The lowest BCUT2D eigenvalue weighted by atomic mass is 9.86. The molecular formula is C21H21NO3. The Balaban J connectivity index is 1.67. The summed E-state index contributed by atoms with van der Waals surface area (Å²) in [6, 6.07) is 18.5. The van der Waals surface area contributed by atoms with Crippen molar-refractivity contribution in [2.24, 2.45) is 5.92 Å². The molecule has 1 N–H and O–H groups in total. The van der Waals surface area contributed by atoms with Gasteiger partial charge in [-0.25, -0.2) is 0 Å². The predicted octanol–water partition coefficient (Wildman–Crippen LogP) is 2.68. The fourth-order valence-electron chi connectivity index (χ4n) is 3.25. The highest BCUT2D eigenvalue weighted by Crippen LogP contribution is 2.25. The smallest absolute Gasteiger partial charge is 0.238 e. The molecular weight excluding hydrogens is 314 g/mol. The van der Waals surface area contributed by atoms with E-state index >= 15 is 0 Å². The standard InChI is InChI=1S/C21H21NO3/c1-14(16-10-6-3-7-11-16)19(23)18-20(24)17(22-21(18)25)13-12-15-8-4-2-5-9-15/h2-11,14,17-18H,12-13H2,1H3,(H,22,25). The molecule has 0 spiro atoms. The van der Waals surface area contributed by atoms with E-state index in [2.05, 4.69) is 5.32 Å². The quantitative estimate of drug-likeness (QED) is 0.826. The van der Waals surface area contributed by atoms with Gasteiger partial charge in [-0.1, -0.05) is 67.6 Å². The maximum absolute atomic E-state index is 12.7. The zero-order valence-corrected chi connectivity index (χ0v) is 14.1. The van der Waals surface area contributed by atoms with Gasteiger partial charge in [0.1, 0.15) is 0 Å². The third kappa shape index (κ3) is 3.68. The van der Waals surface area contributed by atoms with Crippen molar-refractivity contribution in [2.75, 3.05) is 0 Å². The molecule has 4 heteroatoms. The third-order valence-electron chi connectivity index (χ3n) is 4.78. The Morgan fingerprint density at radius 3 is 2.24 bits per heavy atom. The molecule has 25 heavy (non-hydrogen) atoms. The first-order chi connectivity index (χ1) is 12.1. The fraction of sp³-hybridized carbons (Fsp3) is 0.286. The van der Waals surface area contributed by atoms with E-state index in [4.69, 9.17) is 0 Å². The summed E-state index contributed by atoms with van der Waals surface area (Å²) < 4.78 is 0. The SMILES string of the molecule is CC(C(=O)C1C(=O)NC(CCc2ccccc2)C1=O)c1ccccc1. The topological polar surface area (TPSA) is 63.2 Å². The van der Waals surface area contributed by atoms with Crippen LogP contribution in [-0.2, 0) is 20.8 Å². The molecule has 0 aromatic heterocycles. The number of hydrogen-bond donors (Lipinski definition) is 1. The molecule has 1 amide bonds. The molecule has 1 saturated heterocycles. The predicted molar refractivity (Wildman–Crippen MR) is 95.1 cm³/mol. The molecule has 1 aliphatic heterocycles. The molecule has 2 aromatic carbocycles. The first-order valence-corrected chi connectivity index (χ1v) is 8.54. The summed E-state index contributed by atoms with van der Waals surface area (Å²) in [7, 11) is 0. The van der Waals surface area contributed by atoms with Gasteiger partial charge in [0, 0.05) is 5.92 Å². The fourth-order valence-corrected chi connectivity index (χ4v) is 3.25. The Kier molecular flexibility index (Phi) is 5.08. The van der Waals surface area contributed by atoms with E-state index in [0.29, 0.717) is 12.8 Å². The summed E-state index contributed by atoms with van der Waals surface area (Å²) in [6.07, 6.45) is 1.20. The first-order valence-electron chi connectivity index (χ1n) is 8.54. The molecule has 1 fully saturated rings. The van der Waals surface area contributed by atoms with Crippen LogP contribution in [0.1, 0.15) is 30.4 Å². The summed E-state index contributed by atoms with van der Waals surface area (Å²) in [5.41, 5.74) is 1.93. The molecule has 3 unspecified atom stereocenters. The summed E-state index contributed by atoms with van der Waals surface area (Å²) in [4.78, 5) is 37.5. The number of benzene rings is 2. The van der Waals surface area contributed by atoms with E-state index in [1.807, 2.05) is 60.7 Å². The number of rotatable bonds is 6. The van der Waals surface area contributed by atoms with Crippen molar-refractivity contribution in [3.05, 3.63) is 71.8 Å². The largest absolute Gasteiger partial charge is 0.345 e. The van der Waals surface area contributed by atoms with Crippen LogP contribution in [-0.4, -0.2) is 23.5 Å². The van der Waals surface area contributed by atoms with Crippen molar-refractivity contribution in [3.63, 3.8) is 0 Å². The van der Waals surface area contributed by atoms with E-state index in [0.717, 1.165) is 11.1 Å². The highest BCUT2D eigenvalue weighted by Gasteiger charge is 2.46. The lowest BCUT2D eigenvalue weighted by Crippen LogP contribution is -2.31. The molecule has 0 saturated carbocycles. The summed E-state index contributed by atoms with van der Waals surface area (Å²) in [6.45, 7) is 1.75. The van der Waals surface area contributed by atoms with Gasteiger partial charge >= 0.3 is 0 Å². The van der Waals surface area contributed by atoms with Gasteiger partial charge in [0.05, 0.1) is 6.04 Å². The molecule has 128 valence electrons. The van der Waals surface area contributed by atoms with Crippen molar-refractivity contribution in [1.29, 1.82) is 0 Å². The number of nitrogens with one attached hydrogen (secondary N) is 1. The van der Waals surface area contributed by atoms with Gasteiger partial charge < -0.3 is 5.32 Å². The number of amides is 1. The van der Waals surface area contributed by atoms with Crippen molar-refractivity contribution in [2.45, 2.75) is 31.7 Å². The van der Waals surface area contributed by atoms with Crippen molar-refractivity contribution >= 4 is 17.5 Å². The average molecular weight is 335 g/mol. The zero-order chi connectivity index (χ0) is 17.8. The lowest BCUT2D eigenvalue weighted by molar-refractivity contribution is -0.137. The maximum Gasteiger partial charge on any atom is 0.238 e. The Morgan fingerprint density at radius 2 is 1.60 bits per heavy atom. The number of carbonyl (C=O) groups excluding carboxylic acids is 3. The van der Waals surface area contributed by atoms with Gasteiger partial charge in [0.25, 0.3) is 0 Å². The Hall–Kier alpha value is -2.75. The maximum atomic E-state index is 12.7. The Morgan fingerprint density at radius 1 is 1.00 bits per heavy atom. The van der Waals surface area contributed by atoms with Crippen LogP contribution in [0.5, 0.6) is 0 Å². The average Bonchev–Trinajstić information content (AvgIpc) is 2.94. The van der Waals surface area contributed by atoms with Gasteiger partial charge in [0.15, 0.2) is 17.5 Å². The minimum atomic E-state index is -1.18. The summed E-state index contributed by atoms with van der Waals surface area (Å²) in [5, 5.41) is 2.70. The Labute approximate surface area is 147 Å². The molecule has 4 nitrogen and oxygen atoms in total. The van der Waals surface area contributed by atoms with Gasteiger partial charge in [0.2, 0.25) is 5.91 Å². The number of aryl methyl sites for hydroxylation is 1. The molecule has 2 aromatic rings. The van der Waals surface area contributed by atoms with Crippen LogP contribution in [0, 0.1) is 5.92 Å². The summed E-state index contributed by atoms with van der Waals surface area (Å²) >= 11 is 0. The third-order valence-corrected chi connectivity index (χ3v) is 4.78. The van der Waals surface area contributed by atoms with E-state index in [1.165, 1.54) is 0 Å². The monoisotopic (exact) mass is 335 g/mol. The van der Waals surface area contributed by atoms with Crippen molar-refractivity contribution in [3.8, 4) is 0 Å². The molecule has 0 radical (unpaired) electrons. The van der Waals surface area contributed by atoms with Crippen molar-refractivity contribution < 1.29 is 14.4 Å². The van der Waals surface area contributed by atoms with Gasteiger partial charge in [-0.2, -0.15) is 0 Å². The Bertz CT molecular complexity index is 770. The van der Waals surface area contributed by atoms with Crippen LogP contribution < -0.4 is 5.32 Å². The van der Waals surface area contributed by atoms with Gasteiger partial charge in [-0.3, -0.25) is 14.4 Å². The van der Waals surface area contributed by atoms with Crippen LogP contribution >= 0.6 is 0 Å². The van der Waals surface area contributed by atoms with Crippen LogP contribution in [0.2, 0.25) is 0 Å². The minimum absolute atomic E-state index is 0.297. The number of carbonyl (C=O) groups is 3. The minimum Gasteiger partial charge on any atom is -0.345 e. The normalized spacial score (nSPS) is 21.0. The summed E-state index contributed by atoms with van der Waals surface area (Å²) in [5.74, 6) is -2.75. The van der Waals surface area contributed by atoms with Gasteiger partial charge in [-0.15, -0.1) is 0 Å². The van der Waals surface area contributed by atoms with E-state index < -0.39 is 23.8 Å². The molecule has 3 rings (SSSR count). The van der Waals surface area contributed by atoms with E-state index in [-0.39, 0.29) is 11.6 Å². The van der Waals surface area contributed by atoms with Crippen LogP contribution in [0.4, 0.5) is 0 Å². The second kappa shape index (κ2) is 7.43. The highest BCUT2D eigenvalue weighted by molar-refractivity contribution is 6.25. The molecule has 3 atom stereocenters. The molecule has 0 aliphatic carbocycles. The van der Waals surface area contributed by atoms with Crippen LogP contribution in [0.15, 0.2) is 60.7 Å². The molecule has 1 aliphatic rings. The van der Waals surface area contributed by atoms with E-state index in [9.17, 15) is 14.4 Å². The van der Waals surface area contributed by atoms with Crippen LogP contribution in [0.3, 0.4) is 0 Å². The number of Topliss-reactive ketones (excluding diaryl/α,β-unsaturated/α-hetero) is 2. The second-order valence-electron chi connectivity index (χ2n) is 6.46. The number of hydrogen-bond acceptors (Lipinski definition) is 3.